The van der Waals surface area contributed by atoms with E-state index in [0.717, 1.165) is 5.56 Å². The molecule has 168 valence electrons. The maximum Gasteiger partial charge on any atom is 0.295 e. The van der Waals surface area contributed by atoms with E-state index in [2.05, 4.69) is 25.6 Å². The van der Waals surface area contributed by atoms with Crippen LogP contribution in [-0.2, 0) is 17.6 Å². The molecule has 2 aromatic heterocycles. The fourth-order valence-corrected chi connectivity index (χ4v) is 3.57. The highest BCUT2D eigenvalue weighted by atomic mass is 32.1. The van der Waals surface area contributed by atoms with Gasteiger partial charge in [-0.25, -0.2) is 15.0 Å². The van der Waals surface area contributed by atoms with Crippen molar-refractivity contribution in [1.29, 1.82) is 0 Å². The van der Waals surface area contributed by atoms with Gasteiger partial charge in [-0.1, -0.05) is 0 Å². The smallest absolute Gasteiger partial charge is 0.295 e. The van der Waals surface area contributed by atoms with Gasteiger partial charge in [-0.05, 0) is 30.2 Å². The van der Waals surface area contributed by atoms with Gasteiger partial charge < -0.3 is 19.5 Å². The average molecular weight is 458 g/mol. The molecule has 3 aromatic rings. The molecule has 0 radical (unpaired) electrons. The molecule has 0 fully saturated rings. The highest BCUT2D eigenvalue weighted by Gasteiger charge is 2.14. The fourth-order valence-electron chi connectivity index (χ4n) is 2.87. The first kappa shape index (κ1) is 22.9. The first-order chi connectivity index (χ1) is 15.5. The lowest BCUT2D eigenvalue weighted by Gasteiger charge is -2.14. The lowest BCUT2D eigenvalue weighted by atomic mass is 10.1. The molecular formula is C21H23N5O5S. The van der Waals surface area contributed by atoms with Crippen molar-refractivity contribution in [1.82, 2.24) is 20.3 Å². The fraction of sp³-hybridized carbons (Fsp3) is 0.286. The molecule has 2 N–H and O–H groups in total. The first-order valence-electron chi connectivity index (χ1n) is 9.62. The lowest BCUT2D eigenvalue weighted by Crippen LogP contribution is -2.27. The number of methoxy groups -OCH3 is 3. The number of hydrogen-bond acceptors (Lipinski definition) is 9. The van der Waals surface area contributed by atoms with Crippen LogP contribution in [0.25, 0.3) is 0 Å². The second-order valence-corrected chi connectivity index (χ2v) is 7.34. The number of hydrogen-bond donors (Lipinski definition) is 2. The number of rotatable bonds is 10. The summed E-state index contributed by atoms with van der Waals surface area (Å²) in [5, 5.41) is 7.59. The third-order valence-electron chi connectivity index (χ3n) is 4.34. The highest BCUT2D eigenvalue weighted by Crippen LogP contribution is 2.38. The van der Waals surface area contributed by atoms with Gasteiger partial charge in [0, 0.05) is 24.3 Å². The van der Waals surface area contributed by atoms with Crippen molar-refractivity contribution >= 4 is 28.3 Å². The van der Waals surface area contributed by atoms with E-state index in [9.17, 15) is 9.59 Å². The standard InChI is InChI=1S/C21H23N5O5S/c1-29-15-9-13(10-16(30-2)18(15)31-3)5-8-22-17(27)11-14-12-32-21(25-14)26-20(28)19-23-6-4-7-24-19/h4,6-7,9-10,12H,5,8,11H2,1-3H3,(H,22,27)(H,25,26,28). The molecule has 3 rings (SSSR count). The molecule has 0 unspecified atom stereocenters. The number of nitrogens with one attached hydrogen (secondary N) is 2. The summed E-state index contributed by atoms with van der Waals surface area (Å²) in [7, 11) is 4.66. The number of carbonyl (C=O) groups is 2. The van der Waals surface area contributed by atoms with Gasteiger partial charge >= 0.3 is 0 Å². The second kappa shape index (κ2) is 11.0. The maximum atomic E-state index is 12.3. The summed E-state index contributed by atoms with van der Waals surface area (Å²) in [6.45, 7) is 0.427. The number of nitrogens with zero attached hydrogens (tertiary/aromatic N) is 3. The molecule has 11 heteroatoms. The largest absolute Gasteiger partial charge is 0.493 e. The predicted molar refractivity (Wildman–Crippen MR) is 119 cm³/mol. The molecule has 0 saturated carbocycles. The van der Waals surface area contributed by atoms with Gasteiger partial charge in [0.25, 0.3) is 5.91 Å². The van der Waals surface area contributed by atoms with Gasteiger partial charge in [-0.15, -0.1) is 11.3 Å². The van der Waals surface area contributed by atoms with Crippen molar-refractivity contribution < 1.29 is 23.8 Å². The Morgan fingerprint density at radius 2 is 1.72 bits per heavy atom. The third-order valence-corrected chi connectivity index (χ3v) is 5.15. The third kappa shape index (κ3) is 5.91. The Balaban J connectivity index is 1.50. The zero-order chi connectivity index (χ0) is 22.9. The van der Waals surface area contributed by atoms with Crippen LogP contribution in [0.15, 0.2) is 36.0 Å². The van der Waals surface area contributed by atoms with Crippen molar-refractivity contribution in [2.45, 2.75) is 12.8 Å². The van der Waals surface area contributed by atoms with Crippen LogP contribution in [0.5, 0.6) is 17.2 Å². The summed E-state index contributed by atoms with van der Waals surface area (Å²) in [5.41, 5.74) is 1.49. The molecule has 2 heterocycles. The van der Waals surface area contributed by atoms with Crippen LogP contribution in [0.4, 0.5) is 5.13 Å². The van der Waals surface area contributed by atoms with Crippen LogP contribution in [0.3, 0.4) is 0 Å². The van der Waals surface area contributed by atoms with E-state index in [1.165, 1.54) is 23.7 Å². The van der Waals surface area contributed by atoms with Crippen LogP contribution in [0.1, 0.15) is 21.9 Å². The molecule has 0 bridgehead atoms. The van der Waals surface area contributed by atoms with Crippen LogP contribution in [-0.4, -0.2) is 54.6 Å². The summed E-state index contributed by atoms with van der Waals surface area (Å²) in [6, 6.07) is 5.32. The van der Waals surface area contributed by atoms with Gasteiger partial charge in [0.1, 0.15) is 0 Å². The summed E-state index contributed by atoms with van der Waals surface area (Å²) in [5.74, 6) is 1.06. The highest BCUT2D eigenvalue weighted by molar-refractivity contribution is 7.14. The van der Waals surface area contributed by atoms with Gasteiger partial charge in [-0.3, -0.25) is 14.9 Å². The average Bonchev–Trinajstić information content (AvgIpc) is 3.25. The number of anilines is 1. The van der Waals surface area contributed by atoms with E-state index in [1.54, 1.807) is 32.8 Å². The Kier molecular flexibility index (Phi) is 7.92. The zero-order valence-electron chi connectivity index (χ0n) is 17.9. The number of amides is 2. The van der Waals surface area contributed by atoms with E-state index < -0.39 is 5.91 Å². The van der Waals surface area contributed by atoms with Crippen molar-refractivity contribution in [3.05, 3.63) is 53.1 Å². The SMILES string of the molecule is COc1cc(CCNC(=O)Cc2csc(NC(=O)c3ncccn3)n2)cc(OC)c1OC. The summed E-state index contributed by atoms with van der Waals surface area (Å²) in [4.78, 5) is 36.4. The molecule has 10 nitrogen and oxygen atoms in total. The number of benzene rings is 1. The van der Waals surface area contributed by atoms with Gasteiger partial charge in [0.15, 0.2) is 16.6 Å². The van der Waals surface area contributed by atoms with Crippen molar-refractivity contribution in [3.8, 4) is 17.2 Å². The van der Waals surface area contributed by atoms with Crippen LogP contribution in [0, 0.1) is 0 Å². The van der Waals surface area contributed by atoms with E-state index in [4.69, 9.17) is 14.2 Å². The van der Waals surface area contributed by atoms with E-state index >= 15 is 0 Å². The summed E-state index contributed by atoms with van der Waals surface area (Å²) >= 11 is 1.23. The van der Waals surface area contributed by atoms with Crippen molar-refractivity contribution in [2.24, 2.45) is 0 Å². The maximum absolute atomic E-state index is 12.3. The molecule has 32 heavy (non-hydrogen) atoms. The quantitative estimate of drug-likeness (QED) is 0.474. The molecule has 0 aliphatic heterocycles. The monoisotopic (exact) mass is 457 g/mol. The van der Waals surface area contributed by atoms with Crippen molar-refractivity contribution in [3.63, 3.8) is 0 Å². The predicted octanol–water partition coefficient (Wildman–Crippen LogP) is 2.11. The molecule has 2 amide bonds. The molecular weight excluding hydrogens is 434 g/mol. The number of aromatic nitrogens is 3. The molecule has 1 aromatic carbocycles. The zero-order valence-corrected chi connectivity index (χ0v) is 18.7. The van der Waals surface area contributed by atoms with Crippen LogP contribution in [0.2, 0.25) is 0 Å². The molecule has 0 atom stereocenters. The minimum Gasteiger partial charge on any atom is -0.493 e. The molecule has 0 saturated heterocycles. The van der Waals surface area contributed by atoms with Crippen LogP contribution >= 0.6 is 11.3 Å². The first-order valence-corrected chi connectivity index (χ1v) is 10.5. The molecule has 0 spiro atoms. The topological polar surface area (TPSA) is 125 Å². The van der Waals surface area contributed by atoms with E-state index in [0.29, 0.717) is 41.0 Å². The Morgan fingerprint density at radius 3 is 2.34 bits per heavy atom. The van der Waals surface area contributed by atoms with Crippen LogP contribution < -0.4 is 24.8 Å². The van der Waals surface area contributed by atoms with Gasteiger partial charge in [0.2, 0.25) is 17.5 Å². The van der Waals surface area contributed by atoms with E-state index in [1.807, 2.05) is 12.1 Å². The number of thiazole rings is 1. The number of ether oxygens (including phenoxy) is 3. The second-order valence-electron chi connectivity index (χ2n) is 6.48. The summed E-state index contributed by atoms with van der Waals surface area (Å²) in [6.07, 6.45) is 3.65. The minimum atomic E-state index is -0.457. The Morgan fingerprint density at radius 1 is 1.03 bits per heavy atom. The summed E-state index contributed by atoms with van der Waals surface area (Å²) < 4.78 is 16.0. The minimum absolute atomic E-state index is 0.0498. The normalized spacial score (nSPS) is 10.3. The number of carbonyl (C=O) groups excluding carboxylic acids is 2. The van der Waals surface area contributed by atoms with Gasteiger partial charge in [0.05, 0.1) is 33.4 Å². The Hall–Kier alpha value is -3.73. The molecule has 0 aliphatic rings. The van der Waals surface area contributed by atoms with E-state index in [-0.39, 0.29) is 18.2 Å². The molecule has 0 aliphatic carbocycles. The Bertz CT molecular complexity index is 1050. The Labute approximate surface area is 189 Å². The lowest BCUT2D eigenvalue weighted by molar-refractivity contribution is -0.120. The van der Waals surface area contributed by atoms with Crippen molar-refractivity contribution in [2.75, 3.05) is 33.2 Å². The van der Waals surface area contributed by atoms with Gasteiger partial charge in [-0.2, -0.15) is 0 Å².